The van der Waals surface area contributed by atoms with E-state index in [0.717, 1.165) is 10.7 Å². The average Bonchev–Trinajstić information content (AvgIpc) is 2.97. The van der Waals surface area contributed by atoms with Gasteiger partial charge in [-0.15, -0.1) is 0 Å². The Kier molecular flexibility index (Phi) is 8.98. The molecule has 1 heterocycles. The molecule has 0 fully saturated rings. The summed E-state index contributed by atoms with van der Waals surface area (Å²) in [6.07, 6.45) is 1.92. The van der Waals surface area contributed by atoms with Crippen LogP contribution in [-0.4, -0.2) is 62.7 Å². The van der Waals surface area contributed by atoms with Gasteiger partial charge in [0.05, 0.1) is 10.5 Å². The number of carboxylic acids is 1. The second-order valence-corrected chi connectivity index (χ2v) is 8.37. The molecular weight excluding hydrogens is 426 g/mol. The molecule has 1 atom stereocenters. The fraction of sp³-hybridized carbons (Fsp3) is 0.500. The number of thioether (sulfide) groups is 1. The molecule has 11 heteroatoms. The first kappa shape index (κ1) is 24.3. The Labute approximate surface area is 183 Å². The maximum absolute atomic E-state index is 12.5. The molecule has 0 spiro atoms. The second-order valence-electron chi connectivity index (χ2n) is 6.97. The SMILES string of the molecule is CCSCCC(NC(=O)CCCCCN1C(=O)c2cccc([N+](=O)[O-])c2C1=O)C(=O)O. The van der Waals surface area contributed by atoms with Gasteiger partial charge in [0.1, 0.15) is 11.6 Å². The van der Waals surface area contributed by atoms with Crippen molar-refractivity contribution in [3.05, 3.63) is 39.4 Å². The Balaban J connectivity index is 1.78. The molecule has 1 unspecified atom stereocenters. The van der Waals surface area contributed by atoms with Gasteiger partial charge in [-0.25, -0.2) is 4.79 Å². The number of nitro benzene ring substituents is 1. The van der Waals surface area contributed by atoms with Crippen molar-refractivity contribution in [1.29, 1.82) is 0 Å². The highest BCUT2D eigenvalue weighted by molar-refractivity contribution is 7.99. The van der Waals surface area contributed by atoms with Crippen molar-refractivity contribution in [2.75, 3.05) is 18.1 Å². The van der Waals surface area contributed by atoms with E-state index in [1.807, 2.05) is 6.92 Å². The second kappa shape index (κ2) is 11.4. The average molecular weight is 452 g/mol. The molecule has 3 amide bonds. The summed E-state index contributed by atoms with van der Waals surface area (Å²) in [6, 6.07) is 3.04. The van der Waals surface area contributed by atoms with Crippen LogP contribution in [0.5, 0.6) is 0 Å². The molecule has 0 radical (unpaired) electrons. The number of aliphatic carboxylic acids is 1. The maximum atomic E-state index is 12.5. The maximum Gasteiger partial charge on any atom is 0.326 e. The summed E-state index contributed by atoms with van der Waals surface area (Å²) < 4.78 is 0. The van der Waals surface area contributed by atoms with Crippen molar-refractivity contribution >= 4 is 41.1 Å². The number of nitrogens with zero attached hydrogens (tertiary/aromatic N) is 2. The fourth-order valence-electron chi connectivity index (χ4n) is 3.27. The normalized spacial score (nSPS) is 13.8. The number of carbonyl (C=O) groups is 4. The van der Waals surface area contributed by atoms with Gasteiger partial charge in [-0.05, 0) is 36.8 Å². The number of rotatable bonds is 13. The van der Waals surface area contributed by atoms with E-state index >= 15 is 0 Å². The number of fused-ring (bicyclic) bond motifs is 1. The van der Waals surface area contributed by atoms with Gasteiger partial charge in [-0.2, -0.15) is 11.8 Å². The van der Waals surface area contributed by atoms with Gasteiger partial charge in [0, 0.05) is 19.0 Å². The largest absolute Gasteiger partial charge is 0.480 e. The lowest BCUT2D eigenvalue weighted by Crippen LogP contribution is -2.41. The Morgan fingerprint density at radius 1 is 1.23 bits per heavy atom. The Hall–Kier alpha value is -2.95. The quantitative estimate of drug-likeness (QED) is 0.201. The number of benzene rings is 1. The molecule has 0 bridgehead atoms. The molecule has 1 aromatic carbocycles. The van der Waals surface area contributed by atoms with Gasteiger partial charge in [0.15, 0.2) is 0 Å². The molecule has 0 saturated carbocycles. The summed E-state index contributed by atoms with van der Waals surface area (Å²) in [6.45, 7) is 2.07. The predicted octanol–water partition coefficient (Wildman–Crippen LogP) is 2.46. The zero-order valence-electron chi connectivity index (χ0n) is 17.2. The Morgan fingerprint density at radius 3 is 2.61 bits per heavy atom. The van der Waals surface area contributed by atoms with Crippen LogP contribution in [-0.2, 0) is 9.59 Å². The smallest absolute Gasteiger partial charge is 0.326 e. The van der Waals surface area contributed by atoms with Crippen LogP contribution in [0, 0.1) is 10.1 Å². The summed E-state index contributed by atoms with van der Waals surface area (Å²) in [5.74, 6) is -1.14. The minimum absolute atomic E-state index is 0.0273. The topological polar surface area (TPSA) is 147 Å². The molecular formula is C20H25N3O7S. The fourth-order valence-corrected chi connectivity index (χ4v) is 3.96. The van der Waals surface area contributed by atoms with E-state index in [1.165, 1.54) is 18.2 Å². The molecule has 31 heavy (non-hydrogen) atoms. The number of unbranched alkanes of at least 4 members (excludes halogenated alkanes) is 2. The highest BCUT2D eigenvalue weighted by atomic mass is 32.2. The van der Waals surface area contributed by atoms with E-state index in [1.54, 1.807) is 11.8 Å². The molecule has 1 aromatic rings. The van der Waals surface area contributed by atoms with Gasteiger partial charge in [0.2, 0.25) is 5.91 Å². The summed E-state index contributed by atoms with van der Waals surface area (Å²) in [7, 11) is 0. The first-order valence-corrected chi connectivity index (χ1v) is 11.2. The number of hydrogen-bond acceptors (Lipinski definition) is 7. The van der Waals surface area contributed by atoms with E-state index < -0.39 is 28.7 Å². The number of imide groups is 1. The van der Waals surface area contributed by atoms with Crippen molar-refractivity contribution in [3.8, 4) is 0 Å². The molecule has 2 rings (SSSR count). The molecule has 1 aliphatic heterocycles. The highest BCUT2D eigenvalue weighted by Crippen LogP contribution is 2.30. The molecule has 168 valence electrons. The Morgan fingerprint density at radius 2 is 1.97 bits per heavy atom. The van der Waals surface area contributed by atoms with Crippen LogP contribution in [0.4, 0.5) is 5.69 Å². The zero-order chi connectivity index (χ0) is 23.0. The monoisotopic (exact) mass is 451 g/mol. The Bertz CT molecular complexity index is 874. The summed E-state index contributed by atoms with van der Waals surface area (Å²) >= 11 is 1.60. The van der Waals surface area contributed by atoms with Crippen LogP contribution in [0.15, 0.2) is 18.2 Å². The van der Waals surface area contributed by atoms with E-state index in [-0.39, 0.29) is 35.7 Å². The lowest BCUT2D eigenvalue weighted by Gasteiger charge is -2.15. The molecule has 0 aliphatic carbocycles. The first-order chi connectivity index (χ1) is 14.8. The number of carbonyl (C=O) groups excluding carboxylic acids is 3. The van der Waals surface area contributed by atoms with E-state index in [4.69, 9.17) is 0 Å². The first-order valence-electron chi connectivity index (χ1n) is 10.0. The standard InChI is InChI=1S/C20H25N3O7S/c1-2-31-12-10-14(20(27)28)21-16(24)9-4-3-5-11-22-18(25)13-7-6-8-15(23(29)30)17(13)19(22)26/h6-8,14H,2-5,9-12H2,1H3,(H,21,24)(H,27,28). The van der Waals surface area contributed by atoms with Crippen LogP contribution in [0.3, 0.4) is 0 Å². The molecule has 10 nitrogen and oxygen atoms in total. The van der Waals surface area contributed by atoms with Gasteiger partial charge in [0.25, 0.3) is 17.5 Å². The zero-order valence-corrected chi connectivity index (χ0v) is 18.0. The van der Waals surface area contributed by atoms with E-state index in [2.05, 4.69) is 5.32 Å². The minimum Gasteiger partial charge on any atom is -0.480 e. The minimum atomic E-state index is -1.07. The van der Waals surface area contributed by atoms with Gasteiger partial charge < -0.3 is 10.4 Å². The van der Waals surface area contributed by atoms with Crippen LogP contribution >= 0.6 is 11.8 Å². The van der Waals surface area contributed by atoms with Gasteiger partial charge >= 0.3 is 5.97 Å². The third kappa shape index (κ3) is 6.27. The number of nitrogens with one attached hydrogen (secondary N) is 1. The van der Waals surface area contributed by atoms with Crippen LogP contribution in [0.25, 0.3) is 0 Å². The van der Waals surface area contributed by atoms with E-state index in [0.29, 0.717) is 31.4 Å². The molecule has 1 aliphatic rings. The molecule has 2 N–H and O–H groups in total. The number of hydrogen-bond donors (Lipinski definition) is 2. The van der Waals surface area contributed by atoms with E-state index in [9.17, 15) is 34.4 Å². The van der Waals surface area contributed by atoms with Crippen LogP contribution in [0.1, 0.15) is 59.7 Å². The van der Waals surface area contributed by atoms with Gasteiger partial charge in [-0.1, -0.05) is 19.4 Å². The third-order valence-corrected chi connectivity index (χ3v) is 5.78. The van der Waals surface area contributed by atoms with Crippen molar-refractivity contribution in [2.24, 2.45) is 0 Å². The summed E-state index contributed by atoms with van der Waals surface area (Å²) in [4.78, 5) is 59.6. The van der Waals surface area contributed by atoms with Crippen LogP contribution in [0.2, 0.25) is 0 Å². The summed E-state index contributed by atoms with van der Waals surface area (Å²) in [5, 5.41) is 22.8. The van der Waals surface area contributed by atoms with Crippen molar-refractivity contribution < 1.29 is 29.2 Å². The molecule has 0 aromatic heterocycles. The predicted molar refractivity (Wildman–Crippen MR) is 114 cm³/mol. The van der Waals surface area contributed by atoms with Crippen LogP contribution < -0.4 is 5.32 Å². The van der Waals surface area contributed by atoms with Crippen molar-refractivity contribution in [3.63, 3.8) is 0 Å². The lowest BCUT2D eigenvalue weighted by molar-refractivity contribution is -0.385. The van der Waals surface area contributed by atoms with Crippen molar-refractivity contribution in [1.82, 2.24) is 10.2 Å². The lowest BCUT2D eigenvalue weighted by atomic mass is 10.1. The third-order valence-electron chi connectivity index (χ3n) is 4.85. The van der Waals surface area contributed by atoms with Gasteiger partial charge in [-0.3, -0.25) is 29.4 Å². The summed E-state index contributed by atoms with van der Waals surface area (Å²) in [5.41, 5.74) is -0.544. The number of nitro groups is 1. The highest BCUT2D eigenvalue weighted by Gasteiger charge is 2.40. The van der Waals surface area contributed by atoms with Crippen molar-refractivity contribution in [2.45, 2.75) is 45.1 Å². The molecule has 0 saturated heterocycles. The number of amides is 3. The number of carboxylic acid groups (broad SMARTS) is 1.